The van der Waals surface area contributed by atoms with Gasteiger partial charge in [-0.15, -0.1) is 5.10 Å². The maximum Gasteiger partial charge on any atom is 0.297 e. The number of benzene rings is 1. The Kier molecular flexibility index (Phi) is 4.53. The Hall–Kier alpha value is -2.94. The first-order valence-electron chi connectivity index (χ1n) is 8.47. The van der Waals surface area contributed by atoms with Crippen molar-refractivity contribution in [2.75, 3.05) is 27.3 Å². The molecule has 3 heterocycles. The molecule has 1 fully saturated rings. The minimum absolute atomic E-state index is 0.289. The van der Waals surface area contributed by atoms with E-state index in [0.717, 1.165) is 31.5 Å². The Bertz CT molecular complexity index is 884. The Morgan fingerprint density at radius 2 is 2.08 bits per heavy atom. The van der Waals surface area contributed by atoms with Crippen LogP contribution in [0.15, 0.2) is 29.0 Å². The van der Waals surface area contributed by atoms with Crippen LogP contribution >= 0.6 is 0 Å². The molecule has 4 rings (SSSR count). The van der Waals surface area contributed by atoms with Crippen molar-refractivity contribution in [2.45, 2.75) is 18.9 Å². The van der Waals surface area contributed by atoms with E-state index >= 15 is 0 Å². The van der Waals surface area contributed by atoms with E-state index in [4.69, 9.17) is 14.0 Å². The van der Waals surface area contributed by atoms with Crippen LogP contribution in [0.3, 0.4) is 0 Å². The first-order chi connectivity index (χ1) is 12.8. The van der Waals surface area contributed by atoms with Crippen LogP contribution in [-0.2, 0) is 0 Å². The first-order valence-corrected chi connectivity index (χ1v) is 8.47. The zero-order valence-corrected chi connectivity index (χ0v) is 14.7. The van der Waals surface area contributed by atoms with Crippen LogP contribution < -0.4 is 14.8 Å². The van der Waals surface area contributed by atoms with Gasteiger partial charge in [0.25, 0.3) is 5.89 Å². The summed E-state index contributed by atoms with van der Waals surface area (Å²) in [5, 5.41) is 11.9. The van der Waals surface area contributed by atoms with E-state index in [1.54, 1.807) is 32.7 Å². The molecular formula is C17H20N6O3. The predicted octanol–water partition coefficient (Wildman–Crippen LogP) is 1.94. The van der Waals surface area contributed by atoms with Gasteiger partial charge in [-0.3, -0.25) is 0 Å². The van der Waals surface area contributed by atoms with E-state index in [9.17, 15) is 0 Å². The van der Waals surface area contributed by atoms with Crippen LogP contribution in [0.1, 0.15) is 18.9 Å². The molecule has 26 heavy (non-hydrogen) atoms. The molecule has 0 aliphatic carbocycles. The second kappa shape index (κ2) is 7.12. The normalized spacial score (nSPS) is 17.2. The molecule has 136 valence electrons. The smallest absolute Gasteiger partial charge is 0.297 e. The van der Waals surface area contributed by atoms with Crippen LogP contribution in [0.25, 0.3) is 23.1 Å². The lowest BCUT2D eigenvalue weighted by molar-refractivity contribution is 0.345. The molecule has 0 radical (unpaired) electrons. The van der Waals surface area contributed by atoms with E-state index in [-0.39, 0.29) is 5.89 Å². The second-order valence-electron chi connectivity index (χ2n) is 6.04. The summed E-state index contributed by atoms with van der Waals surface area (Å²) in [6, 6.07) is 5.74. The number of piperidine rings is 1. The molecule has 1 aliphatic heterocycles. The maximum absolute atomic E-state index is 5.35. The molecule has 1 aromatic carbocycles. The van der Waals surface area contributed by atoms with E-state index in [1.807, 2.05) is 10.7 Å². The lowest BCUT2D eigenvalue weighted by Crippen LogP contribution is -2.31. The molecule has 0 saturated carbocycles. The molecule has 1 N–H and O–H groups in total. The predicted molar refractivity (Wildman–Crippen MR) is 93.0 cm³/mol. The quantitative estimate of drug-likeness (QED) is 0.740. The summed E-state index contributed by atoms with van der Waals surface area (Å²) >= 11 is 0. The van der Waals surface area contributed by atoms with Gasteiger partial charge < -0.3 is 19.3 Å². The third-order valence-corrected chi connectivity index (χ3v) is 4.41. The summed E-state index contributed by atoms with van der Waals surface area (Å²) in [6.07, 6.45) is 3.92. The number of methoxy groups -OCH3 is 2. The SMILES string of the molecule is COc1ccc(-c2noc(-c3ncn(C4CCCNC4)n3)n2)cc1OC. The largest absolute Gasteiger partial charge is 0.493 e. The fourth-order valence-corrected chi connectivity index (χ4v) is 3.01. The Morgan fingerprint density at radius 3 is 2.85 bits per heavy atom. The average Bonchev–Trinajstić information content (AvgIpc) is 3.37. The Balaban J connectivity index is 1.57. The molecule has 1 saturated heterocycles. The highest BCUT2D eigenvalue weighted by atomic mass is 16.5. The van der Waals surface area contributed by atoms with Gasteiger partial charge in [-0.05, 0) is 37.6 Å². The molecule has 3 aromatic rings. The zero-order valence-electron chi connectivity index (χ0n) is 14.7. The highest BCUT2D eigenvalue weighted by molar-refractivity contribution is 5.62. The summed E-state index contributed by atoms with van der Waals surface area (Å²) < 4.78 is 17.8. The highest BCUT2D eigenvalue weighted by Gasteiger charge is 2.20. The fourth-order valence-electron chi connectivity index (χ4n) is 3.01. The number of nitrogens with zero attached hydrogens (tertiary/aromatic N) is 5. The molecule has 0 amide bonds. The third-order valence-electron chi connectivity index (χ3n) is 4.41. The van der Waals surface area contributed by atoms with Crippen molar-refractivity contribution in [3.05, 3.63) is 24.5 Å². The third kappa shape index (κ3) is 3.13. The molecule has 0 spiro atoms. The van der Waals surface area contributed by atoms with Crippen molar-refractivity contribution >= 4 is 0 Å². The lowest BCUT2D eigenvalue weighted by atomic mass is 10.1. The minimum atomic E-state index is 0.289. The van der Waals surface area contributed by atoms with Gasteiger partial charge >= 0.3 is 0 Å². The fraction of sp³-hybridized carbons (Fsp3) is 0.412. The summed E-state index contributed by atoms with van der Waals surface area (Å²) in [5.74, 6) is 2.40. The van der Waals surface area contributed by atoms with Crippen LogP contribution in [0.2, 0.25) is 0 Å². The van der Waals surface area contributed by atoms with Gasteiger partial charge in [0.05, 0.1) is 20.3 Å². The van der Waals surface area contributed by atoms with Gasteiger partial charge in [-0.25, -0.2) is 9.67 Å². The highest BCUT2D eigenvalue weighted by Crippen LogP contribution is 2.31. The monoisotopic (exact) mass is 356 g/mol. The van der Waals surface area contributed by atoms with Crippen molar-refractivity contribution in [3.8, 4) is 34.6 Å². The molecule has 9 heteroatoms. The van der Waals surface area contributed by atoms with Crippen molar-refractivity contribution in [1.82, 2.24) is 30.2 Å². The number of aromatic nitrogens is 5. The molecule has 2 aromatic heterocycles. The van der Waals surface area contributed by atoms with Crippen molar-refractivity contribution in [1.29, 1.82) is 0 Å². The van der Waals surface area contributed by atoms with Crippen molar-refractivity contribution in [3.63, 3.8) is 0 Å². The molecule has 0 bridgehead atoms. The van der Waals surface area contributed by atoms with E-state index in [0.29, 0.717) is 29.2 Å². The average molecular weight is 356 g/mol. The molecule has 9 nitrogen and oxygen atoms in total. The zero-order chi connectivity index (χ0) is 17.9. The number of rotatable bonds is 5. The summed E-state index contributed by atoms with van der Waals surface area (Å²) in [7, 11) is 3.17. The summed E-state index contributed by atoms with van der Waals surface area (Å²) in [6.45, 7) is 1.94. The number of hydrogen-bond donors (Lipinski definition) is 1. The first kappa shape index (κ1) is 16.5. The molecule has 1 unspecified atom stereocenters. The van der Waals surface area contributed by atoms with Crippen LogP contribution in [0, 0.1) is 0 Å². The van der Waals surface area contributed by atoms with E-state index in [1.165, 1.54) is 0 Å². The van der Waals surface area contributed by atoms with Crippen molar-refractivity contribution in [2.24, 2.45) is 0 Å². The summed E-state index contributed by atoms with van der Waals surface area (Å²) in [4.78, 5) is 8.72. The number of ether oxygens (including phenoxy) is 2. The maximum atomic E-state index is 5.35. The molecule has 1 atom stereocenters. The van der Waals surface area contributed by atoms with Crippen LogP contribution in [-0.4, -0.2) is 52.2 Å². The van der Waals surface area contributed by atoms with E-state index in [2.05, 4.69) is 25.5 Å². The van der Waals surface area contributed by atoms with Gasteiger partial charge in [0, 0.05) is 12.1 Å². The number of hydrogen-bond acceptors (Lipinski definition) is 8. The number of nitrogens with one attached hydrogen (secondary N) is 1. The second-order valence-corrected chi connectivity index (χ2v) is 6.04. The van der Waals surface area contributed by atoms with Gasteiger partial charge in [0.1, 0.15) is 6.33 Å². The van der Waals surface area contributed by atoms with Crippen LogP contribution in [0.4, 0.5) is 0 Å². The lowest BCUT2D eigenvalue weighted by Gasteiger charge is -2.22. The van der Waals surface area contributed by atoms with E-state index < -0.39 is 0 Å². The van der Waals surface area contributed by atoms with Gasteiger partial charge in [0.2, 0.25) is 11.6 Å². The molecular weight excluding hydrogens is 336 g/mol. The standard InChI is InChI=1S/C17H20N6O3/c1-24-13-6-5-11(8-14(13)25-2)15-20-17(26-22-15)16-19-10-23(21-16)12-4-3-7-18-9-12/h5-6,8,10,12,18H,3-4,7,9H2,1-2H3. The topological polar surface area (TPSA) is 100 Å². The van der Waals surface area contributed by atoms with Crippen molar-refractivity contribution < 1.29 is 14.0 Å². The van der Waals surface area contributed by atoms with Gasteiger partial charge in [-0.2, -0.15) is 4.98 Å². The molecule has 1 aliphatic rings. The Labute approximate surface area is 150 Å². The van der Waals surface area contributed by atoms with Crippen LogP contribution in [0.5, 0.6) is 11.5 Å². The van der Waals surface area contributed by atoms with Gasteiger partial charge in [-0.1, -0.05) is 5.16 Å². The summed E-state index contributed by atoms with van der Waals surface area (Å²) in [5.41, 5.74) is 0.758. The Morgan fingerprint density at radius 1 is 1.19 bits per heavy atom. The van der Waals surface area contributed by atoms with Gasteiger partial charge in [0.15, 0.2) is 11.5 Å². The minimum Gasteiger partial charge on any atom is -0.493 e.